The van der Waals surface area contributed by atoms with E-state index in [9.17, 15) is 14.4 Å². The van der Waals surface area contributed by atoms with Gasteiger partial charge in [-0.05, 0) is 37.1 Å². The van der Waals surface area contributed by atoms with Gasteiger partial charge in [0.15, 0.2) is 0 Å². The number of carbonyl (C=O) groups is 3. The van der Waals surface area contributed by atoms with Crippen molar-refractivity contribution in [3.63, 3.8) is 0 Å². The largest absolute Gasteiger partial charge is 0.338 e. The zero-order chi connectivity index (χ0) is 18.4. The Morgan fingerprint density at radius 1 is 1.24 bits per heavy atom. The smallest absolute Gasteiger partial charge is 0.337 e. The number of piperidine rings is 1. The SMILES string of the molecule is C=CC(=O)N1CCCC(C(=O)NNC(=O)Nc2ccc(Cl)cc2Cl)C1. The number of nitrogens with zero attached hydrogens (tertiary/aromatic N) is 1. The molecule has 0 spiro atoms. The maximum absolute atomic E-state index is 12.2. The van der Waals surface area contributed by atoms with Crippen LogP contribution in [0.1, 0.15) is 12.8 Å². The quantitative estimate of drug-likeness (QED) is 0.552. The third-order valence-corrected chi connectivity index (χ3v) is 4.30. The lowest BCUT2D eigenvalue weighted by molar-refractivity contribution is -0.132. The molecule has 1 unspecified atom stereocenters. The van der Waals surface area contributed by atoms with Gasteiger partial charge in [-0.1, -0.05) is 29.8 Å². The minimum Gasteiger partial charge on any atom is -0.338 e. The molecule has 1 aliphatic heterocycles. The number of urea groups is 1. The Balaban J connectivity index is 1.83. The van der Waals surface area contributed by atoms with Crippen LogP contribution in [0.4, 0.5) is 10.5 Å². The first-order valence-electron chi connectivity index (χ1n) is 7.64. The summed E-state index contributed by atoms with van der Waals surface area (Å²) < 4.78 is 0. The molecule has 0 saturated carbocycles. The van der Waals surface area contributed by atoms with E-state index in [1.54, 1.807) is 17.0 Å². The maximum Gasteiger partial charge on any atom is 0.337 e. The second kappa shape index (κ2) is 8.73. The number of hydrogen-bond donors (Lipinski definition) is 3. The van der Waals surface area contributed by atoms with Crippen molar-refractivity contribution in [3.05, 3.63) is 40.9 Å². The molecule has 1 atom stereocenters. The lowest BCUT2D eigenvalue weighted by Crippen LogP contribution is -2.50. The second-order valence-electron chi connectivity index (χ2n) is 5.52. The van der Waals surface area contributed by atoms with Gasteiger partial charge < -0.3 is 10.2 Å². The number of benzene rings is 1. The van der Waals surface area contributed by atoms with Gasteiger partial charge in [-0.15, -0.1) is 0 Å². The van der Waals surface area contributed by atoms with Crippen molar-refractivity contribution in [3.8, 4) is 0 Å². The number of rotatable bonds is 3. The Hall–Kier alpha value is -2.25. The van der Waals surface area contributed by atoms with E-state index < -0.39 is 11.9 Å². The summed E-state index contributed by atoms with van der Waals surface area (Å²) in [4.78, 5) is 37.2. The van der Waals surface area contributed by atoms with Crippen LogP contribution in [0.2, 0.25) is 10.0 Å². The Labute approximate surface area is 155 Å². The molecule has 1 aromatic carbocycles. The Morgan fingerprint density at radius 3 is 2.68 bits per heavy atom. The molecule has 25 heavy (non-hydrogen) atoms. The van der Waals surface area contributed by atoms with Crippen LogP contribution in [-0.4, -0.2) is 35.8 Å². The second-order valence-corrected chi connectivity index (χ2v) is 6.36. The zero-order valence-corrected chi connectivity index (χ0v) is 14.9. The highest BCUT2D eigenvalue weighted by Crippen LogP contribution is 2.25. The van der Waals surface area contributed by atoms with E-state index in [-0.39, 0.29) is 16.8 Å². The van der Waals surface area contributed by atoms with Gasteiger partial charge in [-0.2, -0.15) is 0 Å². The van der Waals surface area contributed by atoms with Gasteiger partial charge in [-0.25, -0.2) is 10.2 Å². The lowest BCUT2D eigenvalue weighted by Gasteiger charge is -2.31. The van der Waals surface area contributed by atoms with Crippen molar-refractivity contribution < 1.29 is 14.4 Å². The van der Waals surface area contributed by atoms with E-state index in [1.165, 1.54) is 12.1 Å². The fourth-order valence-corrected chi connectivity index (χ4v) is 2.94. The minimum atomic E-state index is -0.646. The van der Waals surface area contributed by atoms with Gasteiger partial charge in [0.05, 0.1) is 16.6 Å². The van der Waals surface area contributed by atoms with Crippen molar-refractivity contribution in [2.45, 2.75) is 12.8 Å². The summed E-state index contributed by atoms with van der Waals surface area (Å²) in [6.07, 6.45) is 2.57. The number of hydrazine groups is 1. The van der Waals surface area contributed by atoms with Gasteiger partial charge in [-0.3, -0.25) is 15.0 Å². The molecular weight excluding hydrogens is 367 g/mol. The van der Waals surface area contributed by atoms with Crippen LogP contribution in [0.3, 0.4) is 0 Å². The van der Waals surface area contributed by atoms with Crippen LogP contribution in [0, 0.1) is 5.92 Å². The van der Waals surface area contributed by atoms with E-state index in [0.717, 1.165) is 0 Å². The summed E-state index contributed by atoms with van der Waals surface area (Å²) in [5.41, 5.74) is 4.97. The van der Waals surface area contributed by atoms with Gasteiger partial charge in [0.25, 0.3) is 0 Å². The zero-order valence-electron chi connectivity index (χ0n) is 13.4. The summed E-state index contributed by atoms with van der Waals surface area (Å²) in [5, 5.41) is 3.22. The fourth-order valence-electron chi connectivity index (χ4n) is 2.49. The molecule has 9 heteroatoms. The first-order valence-corrected chi connectivity index (χ1v) is 8.39. The molecular formula is C16H18Cl2N4O3. The van der Waals surface area contributed by atoms with Crippen LogP contribution < -0.4 is 16.2 Å². The highest BCUT2D eigenvalue weighted by Gasteiger charge is 2.27. The molecule has 3 N–H and O–H groups in total. The number of hydrogen-bond acceptors (Lipinski definition) is 3. The monoisotopic (exact) mass is 384 g/mol. The Bertz CT molecular complexity index is 696. The van der Waals surface area contributed by atoms with Gasteiger partial charge in [0, 0.05) is 18.1 Å². The molecule has 0 bridgehead atoms. The van der Waals surface area contributed by atoms with Crippen molar-refractivity contribution in [1.82, 2.24) is 15.8 Å². The highest BCUT2D eigenvalue weighted by atomic mass is 35.5. The van der Waals surface area contributed by atoms with Crippen molar-refractivity contribution in [2.24, 2.45) is 5.92 Å². The maximum atomic E-state index is 12.2. The minimum absolute atomic E-state index is 0.208. The molecule has 7 nitrogen and oxygen atoms in total. The van der Waals surface area contributed by atoms with Crippen LogP contribution in [0.25, 0.3) is 0 Å². The average Bonchev–Trinajstić information content (AvgIpc) is 2.61. The summed E-state index contributed by atoms with van der Waals surface area (Å²) in [6, 6.07) is 3.97. The first-order chi connectivity index (χ1) is 11.9. The van der Waals surface area contributed by atoms with E-state index in [0.29, 0.717) is 36.6 Å². The summed E-state index contributed by atoms with van der Waals surface area (Å²) >= 11 is 11.7. The predicted molar refractivity (Wildman–Crippen MR) is 96.3 cm³/mol. The Morgan fingerprint density at radius 2 is 2.00 bits per heavy atom. The van der Waals surface area contributed by atoms with Gasteiger partial charge in [0.2, 0.25) is 11.8 Å². The van der Waals surface area contributed by atoms with Gasteiger partial charge >= 0.3 is 6.03 Å². The van der Waals surface area contributed by atoms with E-state index in [2.05, 4.69) is 22.7 Å². The van der Waals surface area contributed by atoms with Crippen LogP contribution in [-0.2, 0) is 9.59 Å². The molecule has 1 aromatic rings. The lowest BCUT2D eigenvalue weighted by atomic mass is 9.97. The molecule has 2 rings (SSSR count). The fraction of sp³-hybridized carbons (Fsp3) is 0.312. The van der Waals surface area contributed by atoms with Crippen LogP contribution >= 0.6 is 23.2 Å². The van der Waals surface area contributed by atoms with Crippen molar-refractivity contribution >= 4 is 46.7 Å². The third kappa shape index (κ3) is 5.37. The van der Waals surface area contributed by atoms with Gasteiger partial charge in [0.1, 0.15) is 0 Å². The molecule has 4 amide bonds. The third-order valence-electron chi connectivity index (χ3n) is 3.76. The molecule has 1 heterocycles. The Kier molecular flexibility index (Phi) is 6.66. The number of halogens is 2. The number of amides is 4. The molecule has 1 fully saturated rings. The topological polar surface area (TPSA) is 90.5 Å². The number of carbonyl (C=O) groups excluding carboxylic acids is 3. The standard InChI is InChI=1S/C16H18Cl2N4O3/c1-2-14(23)22-7-3-4-10(9-22)15(24)20-21-16(25)19-13-6-5-11(17)8-12(13)18/h2,5-6,8,10H,1,3-4,7,9H2,(H,20,24)(H2,19,21,25). The molecule has 0 aliphatic carbocycles. The molecule has 134 valence electrons. The first kappa shape index (κ1) is 19.1. The number of anilines is 1. The summed E-state index contributed by atoms with van der Waals surface area (Å²) in [6.45, 7) is 4.33. The molecule has 0 radical (unpaired) electrons. The highest BCUT2D eigenvalue weighted by molar-refractivity contribution is 6.36. The van der Waals surface area contributed by atoms with E-state index in [1.807, 2.05) is 0 Å². The summed E-state index contributed by atoms with van der Waals surface area (Å²) in [5.74, 6) is -0.962. The number of likely N-dealkylation sites (tertiary alicyclic amines) is 1. The van der Waals surface area contributed by atoms with Crippen LogP contribution in [0.5, 0.6) is 0 Å². The van der Waals surface area contributed by atoms with Crippen molar-refractivity contribution in [2.75, 3.05) is 18.4 Å². The van der Waals surface area contributed by atoms with Crippen LogP contribution in [0.15, 0.2) is 30.9 Å². The molecule has 1 saturated heterocycles. The van der Waals surface area contributed by atoms with E-state index >= 15 is 0 Å². The van der Waals surface area contributed by atoms with Crippen molar-refractivity contribution in [1.29, 1.82) is 0 Å². The normalized spacial score (nSPS) is 16.7. The van der Waals surface area contributed by atoms with E-state index in [4.69, 9.17) is 23.2 Å². The number of nitrogens with one attached hydrogen (secondary N) is 3. The average molecular weight is 385 g/mol. The summed E-state index contributed by atoms with van der Waals surface area (Å²) in [7, 11) is 0. The molecule has 1 aliphatic rings. The molecule has 0 aromatic heterocycles. The predicted octanol–water partition coefficient (Wildman–Crippen LogP) is 2.57.